The van der Waals surface area contributed by atoms with Gasteiger partial charge in [-0.3, -0.25) is 0 Å². The molecule has 1 saturated heterocycles. The first-order valence-corrected chi connectivity index (χ1v) is 8.29. The van der Waals surface area contributed by atoms with E-state index in [2.05, 4.69) is 36.5 Å². The second-order valence-electron chi connectivity index (χ2n) is 6.57. The molecule has 1 saturated carbocycles. The Morgan fingerprint density at radius 3 is 2.71 bits per heavy atom. The van der Waals surface area contributed by atoms with Crippen molar-refractivity contribution in [3.8, 4) is 0 Å². The number of benzene rings is 1. The summed E-state index contributed by atoms with van der Waals surface area (Å²) in [4.78, 5) is 0. The molecule has 21 heavy (non-hydrogen) atoms. The molecular formula is C18H27NO2. The molecule has 116 valence electrons. The van der Waals surface area contributed by atoms with Crippen LogP contribution >= 0.6 is 0 Å². The topological polar surface area (TPSA) is 30.5 Å². The van der Waals surface area contributed by atoms with Gasteiger partial charge in [0.25, 0.3) is 0 Å². The van der Waals surface area contributed by atoms with Crippen LogP contribution in [-0.2, 0) is 16.1 Å². The number of rotatable bonds is 8. The Hall–Kier alpha value is -0.900. The highest BCUT2D eigenvalue weighted by Crippen LogP contribution is 2.21. The number of ether oxygens (including phenoxy) is 2. The molecule has 1 aliphatic heterocycles. The van der Waals surface area contributed by atoms with Crippen LogP contribution in [0.3, 0.4) is 0 Å². The van der Waals surface area contributed by atoms with Gasteiger partial charge in [-0.1, -0.05) is 31.2 Å². The molecule has 0 aromatic heterocycles. The highest BCUT2D eigenvalue weighted by Gasteiger charge is 2.21. The predicted molar refractivity (Wildman–Crippen MR) is 84.5 cm³/mol. The van der Waals surface area contributed by atoms with Crippen LogP contribution in [0.4, 0.5) is 0 Å². The maximum Gasteiger partial charge on any atom is 0.0717 e. The average Bonchev–Trinajstić information content (AvgIpc) is 3.20. The maximum absolute atomic E-state index is 5.80. The predicted octanol–water partition coefficient (Wildman–Crippen LogP) is 3.10. The van der Waals surface area contributed by atoms with E-state index in [0.29, 0.717) is 18.4 Å². The molecule has 0 radical (unpaired) electrons. The Labute approximate surface area is 128 Å². The Bertz CT molecular complexity index is 421. The highest BCUT2D eigenvalue weighted by molar-refractivity contribution is 5.25. The molecule has 2 aliphatic rings. The average molecular weight is 289 g/mol. The molecule has 3 nitrogen and oxygen atoms in total. The van der Waals surface area contributed by atoms with Crippen molar-refractivity contribution in [2.75, 3.05) is 26.4 Å². The lowest BCUT2D eigenvalue weighted by atomic mass is 10.00. The third-order valence-electron chi connectivity index (χ3n) is 4.49. The first-order valence-electron chi connectivity index (χ1n) is 8.29. The fourth-order valence-electron chi connectivity index (χ4n) is 2.75. The molecule has 2 fully saturated rings. The van der Waals surface area contributed by atoms with Crippen LogP contribution in [0, 0.1) is 5.92 Å². The van der Waals surface area contributed by atoms with Gasteiger partial charge < -0.3 is 14.8 Å². The van der Waals surface area contributed by atoms with Gasteiger partial charge >= 0.3 is 0 Å². The van der Waals surface area contributed by atoms with E-state index in [4.69, 9.17) is 9.47 Å². The van der Waals surface area contributed by atoms with Crippen molar-refractivity contribution in [2.45, 2.75) is 44.8 Å². The molecule has 1 heterocycles. The monoisotopic (exact) mass is 289 g/mol. The van der Waals surface area contributed by atoms with Gasteiger partial charge in [0.15, 0.2) is 0 Å². The van der Waals surface area contributed by atoms with E-state index in [-0.39, 0.29) is 0 Å². The first kappa shape index (κ1) is 15.0. The maximum atomic E-state index is 5.80. The van der Waals surface area contributed by atoms with E-state index in [9.17, 15) is 0 Å². The zero-order valence-corrected chi connectivity index (χ0v) is 13.0. The van der Waals surface area contributed by atoms with Gasteiger partial charge in [0.1, 0.15) is 0 Å². The van der Waals surface area contributed by atoms with E-state index < -0.39 is 0 Å². The number of hydrogen-bond donors (Lipinski definition) is 1. The van der Waals surface area contributed by atoms with Crippen LogP contribution in [0.1, 0.15) is 43.2 Å². The molecule has 1 N–H and O–H groups in total. The molecule has 1 aromatic carbocycles. The number of nitrogens with one attached hydrogen (secondary N) is 1. The summed E-state index contributed by atoms with van der Waals surface area (Å²) >= 11 is 0. The lowest BCUT2D eigenvalue weighted by Crippen LogP contribution is -2.22. The van der Waals surface area contributed by atoms with Crippen LogP contribution < -0.4 is 5.32 Å². The summed E-state index contributed by atoms with van der Waals surface area (Å²) in [6.07, 6.45) is 3.86. The van der Waals surface area contributed by atoms with Gasteiger partial charge in [-0.25, -0.2) is 0 Å². The zero-order valence-electron chi connectivity index (χ0n) is 13.0. The molecule has 1 aromatic rings. The molecule has 2 atom stereocenters. The fraction of sp³-hybridized carbons (Fsp3) is 0.667. The molecule has 3 rings (SSSR count). The minimum Gasteiger partial charge on any atom is -0.381 e. The lowest BCUT2D eigenvalue weighted by molar-refractivity contribution is 0.0791. The van der Waals surface area contributed by atoms with Crippen LogP contribution in [0.25, 0.3) is 0 Å². The van der Waals surface area contributed by atoms with E-state index >= 15 is 0 Å². The van der Waals surface area contributed by atoms with Gasteiger partial charge in [0.05, 0.1) is 19.8 Å². The van der Waals surface area contributed by atoms with E-state index in [1.807, 2.05) is 0 Å². The Morgan fingerprint density at radius 2 is 2.05 bits per heavy atom. The Kier molecular flexibility index (Phi) is 5.28. The Balaban J connectivity index is 1.39. The standard InChI is InChI=1S/C18H27NO2/c1-14(10-19-18-6-7-18)17-4-2-15(3-5-17)11-21-13-16-8-9-20-12-16/h2-5,14,16,18-19H,6-13H2,1H3. The van der Waals surface area contributed by atoms with E-state index in [1.54, 1.807) is 0 Å². The fourth-order valence-corrected chi connectivity index (χ4v) is 2.75. The van der Waals surface area contributed by atoms with Crippen molar-refractivity contribution in [1.82, 2.24) is 5.32 Å². The molecule has 0 amide bonds. The van der Waals surface area contributed by atoms with Crippen molar-refractivity contribution >= 4 is 0 Å². The van der Waals surface area contributed by atoms with E-state index in [0.717, 1.165) is 38.8 Å². The molecule has 3 heteroatoms. The van der Waals surface area contributed by atoms with Crippen molar-refractivity contribution < 1.29 is 9.47 Å². The van der Waals surface area contributed by atoms with Crippen molar-refractivity contribution in [3.63, 3.8) is 0 Å². The molecule has 2 unspecified atom stereocenters. The van der Waals surface area contributed by atoms with Gasteiger partial charge in [-0.05, 0) is 36.3 Å². The highest BCUT2D eigenvalue weighted by atomic mass is 16.5. The smallest absolute Gasteiger partial charge is 0.0717 e. The molecule has 0 bridgehead atoms. The summed E-state index contributed by atoms with van der Waals surface area (Å²) in [5.74, 6) is 1.17. The quantitative estimate of drug-likeness (QED) is 0.797. The first-order chi connectivity index (χ1) is 10.3. The normalized spacial score (nSPS) is 23.4. The third-order valence-corrected chi connectivity index (χ3v) is 4.49. The van der Waals surface area contributed by atoms with Gasteiger partial charge in [-0.2, -0.15) is 0 Å². The van der Waals surface area contributed by atoms with Crippen LogP contribution in [-0.4, -0.2) is 32.4 Å². The van der Waals surface area contributed by atoms with Gasteiger partial charge in [0.2, 0.25) is 0 Å². The van der Waals surface area contributed by atoms with Crippen LogP contribution in [0.5, 0.6) is 0 Å². The molecule has 0 spiro atoms. The summed E-state index contributed by atoms with van der Waals surface area (Å²) in [6.45, 7) is 6.68. The number of hydrogen-bond acceptors (Lipinski definition) is 3. The minimum absolute atomic E-state index is 0.580. The lowest BCUT2D eigenvalue weighted by Gasteiger charge is -2.14. The van der Waals surface area contributed by atoms with Crippen molar-refractivity contribution in [1.29, 1.82) is 0 Å². The summed E-state index contributed by atoms with van der Waals surface area (Å²) in [6, 6.07) is 9.69. The largest absolute Gasteiger partial charge is 0.381 e. The summed E-state index contributed by atoms with van der Waals surface area (Å²) in [7, 11) is 0. The van der Waals surface area contributed by atoms with E-state index in [1.165, 1.54) is 24.0 Å². The second-order valence-corrected chi connectivity index (χ2v) is 6.57. The molecular weight excluding hydrogens is 262 g/mol. The summed E-state index contributed by atoms with van der Waals surface area (Å²) in [5, 5.41) is 3.60. The zero-order chi connectivity index (χ0) is 14.5. The summed E-state index contributed by atoms with van der Waals surface area (Å²) < 4.78 is 11.2. The minimum atomic E-state index is 0.580. The second kappa shape index (κ2) is 7.39. The molecule has 1 aliphatic carbocycles. The van der Waals surface area contributed by atoms with Crippen molar-refractivity contribution in [3.05, 3.63) is 35.4 Å². The third kappa shape index (κ3) is 4.80. The summed E-state index contributed by atoms with van der Waals surface area (Å²) in [5.41, 5.74) is 2.68. The SMILES string of the molecule is CC(CNC1CC1)c1ccc(COCC2CCOC2)cc1. The van der Waals surface area contributed by atoms with Gasteiger partial charge in [0, 0.05) is 25.1 Å². The van der Waals surface area contributed by atoms with Gasteiger partial charge in [-0.15, -0.1) is 0 Å². The Morgan fingerprint density at radius 1 is 1.24 bits per heavy atom. The van der Waals surface area contributed by atoms with Crippen molar-refractivity contribution in [2.24, 2.45) is 5.92 Å². The van der Waals surface area contributed by atoms with Crippen LogP contribution in [0.15, 0.2) is 24.3 Å². The van der Waals surface area contributed by atoms with Crippen LogP contribution in [0.2, 0.25) is 0 Å².